The van der Waals surface area contributed by atoms with Crippen molar-refractivity contribution in [2.45, 2.75) is 13.5 Å². The number of anilines is 1. The van der Waals surface area contributed by atoms with Gasteiger partial charge in [-0.05, 0) is 25.1 Å². The van der Waals surface area contributed by atoms with Gasteiger partial charge in [0.05, 0.1) is 23.9 Å². The van der Waals surface area contributed by atoms with Crippen molar-refractivity contribution in [1.29, 1.82) is 0 Å². The molecule has 1 aliphatic heterocycles. The maximum Gasteiger partial charge on any atom is 0.261 e. The molecule has 96 valence electrons. The van der Waals surface area contributed by atoms with E-state index in [2.05, 4.69) is 10.2 Å². The number of H-pyrrole nitrogens is 1. The van der Waals surface area contributed by atoms with Gasteiger partial charge in [-0.3, -0.25) is 19.6 Å². The Morgan fingerprint density at radius 2 is 2.00 bits per heavy atom. The smallest absolute Gasteiger partial charge is 0.261 e. The highest BCUT2D eigenvalue weighted by atomic mass is 16.2. The number of fused-ring (bicyclic) bond motifs is 1. The van der Waals surface area contributed by atoms with Crippen molar-refractivity contribution >= 4 is 17.5 Å². The van der Waals surface area contributed by atoms with Gasteiger partial charge < -0.3 is 5.73 Å². The van der Waals surface area contributed by atoms with Crippen LogP contribution in [0.4, 0.5) is 5.69 Å². The molecule has 3 rings (SSSR count). The molecule has 2 amide bonds. The number of carbonyl (C=O) groups is 2. The number of carbonyl (C=O) groups excluding carboxylic acids is 2. The van der Waals surface area contributed by atoms with Crippen molar-refractivity contribution in [2.24, 2.45) is 0 Å². The van der Waals surface area contributed by atoms with Gasteiger partial charge in [-0.15, -0.1) is 0 Å². The molecule has 0 saturated carbocycles. The lowest BCUT2D eigenvalue weighted by Crippen LogP contribution is -2.29. The summed E-state index contributed by atoms with van der Waals surface area (Å²) in [4.78, 5) is 25.6. The molecule has 3 N–H and O–H groups in total. The van der Waals surface area contributed by atoms with Crippen LogP contribution >= 0.6 is 0 Å². The third kappa shape index (κ3) is 1.69. The summed E-state index contributed by atoms with van der Waals surface area (Å²) in [6.07, 6.45) is 1.62. The Balaban J connectivity index is 1.97. The number of aryl methyl sites for hydroxylation is 1. The largest absolute Gasteiger partial charge is 0.399 e. The molecule has 2 heterocycles. The van der Waals surface area contributed by atoms with Gasteiger partial charge in [0.2, 0.25) is 0 Å². The van der Waals surface area contributed by atoms with Crippen LogP contribution in [0.15, 0.2) is 24.4 Å². The zero-order chi connectivity index (χ0) is 13.6. The Morgan fingerprint density at radius 3 is 2.68 bits per heavy atom. The van der Waals surface area contributed by atoms with Crippen molar-refractivity contribution in [1.82, 2.24) is 15.1 Å². The zero-order valence-corrected chi connectivity index (χ0v) is 10.3. The van der Waals surface area contributed by atoms with Gasteiger partial charge in [0.25, 0.3) is 11.8 Å². The second-order valence-corrected chi connectivity index (χ2v) is 4.52. The van der Waals surface area contributed by atoms with Crippen molar-refractivity contribution in [3.63, 3.8) is 0 Å². The Morgan fingerprint density at radius 1 is 1.26 bits per heavy atom. The predicted molar refractivity (Wildman–Crippen MR) is 68.4 cm³/mol. The van der Waals surface area contributed by atoms with E-state index in [-0.39, 0.29) is 18.4 Å². The fourth-order valence-corrected chi connectivity index (χ4v) is 2.16. The minimum Gasteiger partial charge on any atom is -0.399 e. The Labute approximate surface area is 109 Å². The number of aromatic nitrogens is 2. The molecule has 2 aromatic rings. The topological polar surface area (TPSA) is 92.1 Å². The van der Waals surface area contributed by atoms with Gasteiger partial charge in [-0.1, -0.05) is 0 Å². The molecule has 0 fully saturated rings. The van der Waals surface area contributed by atoms with Crippen LogP contribution in [0.25, 0.3) is 0 Å². The first-order valence-electron chi connectivity index (χ1n) is 5.82. The van der Waals surface area contributed by atoms with Crippen molar-refractivity contribution in [2.75, 3.05) is 5.73 Å². The van der Waals surface area contributed by atoms with Gasteiger partial charge >= 0.3 is 0 Å². The summed E-state index contributed by atoms with van der Waals surface area (Å²) >= 11 is 0. The van der Waals surface area contributed by atoms with E-state index in [9.17, 15) is 9.59 Å². The van der Waals surface area contributed by atoms with Crippen LogP contribution in [0.1, 0.15) is 32.0 Å². The molecule has 6 nitrogen and oxygen atoms in total. The maximum atomic E-state index is 12.2. The summed E-state index contributed by atoms with van der Waals surface area (Å²) in [5, 5.41) is 6.67. The van der Waals surface area contributed by atoms with Gasteiger partial charge in [0, 0.05) is 16.9 Å². The first-order valence-corrected chi connectivity index (χ1v) is 5.82. The SMILES string of the molecule is Cc1[nH]ncc1CN1C(=O)c2ccc(N)cc2C1=O. The highest BCUT2D eigenvalue weighted by Crippen LogP contribution is 2.26. The van der Waals surface area contributed by atoms with Crippen molar-refractivity contribution < 1.29 is 9.59 Å². The maximum absolute atomic E-state index is 12.2. The standard InChI is InChI=1S/C13H12N4O2/c1-7-8(5-15-16-7)6-17-12(18)10-3-2-9(14)4-11(10)13(17)19/h2-5H,6,14H2,1H3,(H,15,16). The average Bonchev–Trinajstić information content (AvgIpc) is 2.88. The third-order valence-electron chi connectivity index (χ3n) is 3.26. The summed E-state index contributed by atoms with van der Waals surface area (Å²) in [7, 11) is 0. The Bertz CT molecular complexity index is 690. The van der Waals surface area contributed by atoms with Crippen LogP contribution in [0, 0.1) is 6.92 Å². The highest BCUT2D eigenvalue weighted by Gasteiger charge is 2.35. The van der Waals surface area contributed by atoms with Crippen LogP contribution in [-0.2, 0) is 6.54 Å². The molecule has 0 aliphatic carbocycles. The summed E-state index contributed by atoms with van der Waals surface area (Å²) in [5.41, 5.74) is 8.56. The molecule has 0 radical (unpaired) electrons. The van der Waals surface area contributed by atoms with Crippen molar-refractivity contribution in [3.05, 3.63) is 46.8 Å². The number of nitrogen functional groups attached to an aromatic ring is 1. The van der Waals surface area contributed by atoms with Crippen LogP contribution in [0.2, 0.25) is 0 Å². The first kappa shape index (κ1) is 11.5. The molecule has 6 heteroatoms. The van der Waals surface area contributed by atoms with E-state index in [1.165, 1.54) is 11.0 Å². The number of nitrogens with zero attached hydrogens (tertiary/aromatic N) is 2. The zero-order valence-electron chi connectivity index (χ0n) is 10.3. The number of imide groups is 1. The van der Waals surface area contributed by atoms with Crippen LogP contribution in [0.3, 0.4) is 0 Å². The van der Waals surface area contributed by atoms with Gasteiger partial charge in [-0.25, -0.2) is 0 Å². The minimum atomic E-state index is -0.312. The van der Waals surface area contributed by atoms with Crippen LogP contribution in [-0.4, -0.2) is 26.9 Å². The van der Waals surface area contributed by atoms with E-state index in [4.69, 9.17) is 5.73 Å². The number of nitrogens with one attached hydrogen (secondary N) is 1. The van der Waals surface area contributed by atoms with E-state index in [0.717, 1.165) is 11.3 Å². The average molecular weight is 256 g/mol. The monoisotopic (exact) mass is 256 g/mol. The number of hydrogen-bond donors (Lipinski definition) is 2. The number of rotatable bonds is 2. The van der Waals surface area contributed by atoms with E-state index in [1.807, 2.05) is 6.92 Å². The summed E-state index contributed by atoms with van der Waals surface area (Å²) in [6.45, 7) is 2.06. The predicted octanol–water partition coefficient (Wildman–Crippen LogP) is 1.10. The van der Waals surface area contributed by atoms with Gasteiger partial charge in [0.15, 0.2) is 0 Å². The van der Waals surface area contributed by atoms with E-state index >= 15 is 0 Å². The molecule has 1 aliphatic rings. The van der Waals surface area contributed by atoms with Crippen LogP contribution < -0.4 is 5.73 Å². The molecule has 0 atom stereocenters. The molecular weight excluding hydrogens is 244 g/mol. The molecule has 19 heavy (non-hydrogen) atoms. The van der Waals surface area contributed by atoms with Gasteiger partial charge in [-0.2, -0.15) is 5.10 Å². The lowest BCUT2D eigenvalue weighted by atomic mass is 10.1. The number of amides is 2. The Kier molecular flexibility index (Phi) is 2.38. The number of hydrogen-bond acceptors (Lipinski definition) is 4. The fraction of sp³-hybridized carbons (Fsp3) is 0.154. The quantitative estimate of drug-likeness (QED) is 0.621. The summed E-state index contributed by atoms with van der Waals surface area (Å²) in [5.74, 6) is -0.603. The molecule has 1 aromatic heterocycles. The molecule has 1 aromatic carbocycles. The molecule has 0 saturated heterocycles. The first-order chi connectivity index (χ1) is 9.08. The third-order valence-corrected chi connectivity index (χ3v) is 3.26. The lowest BCUT2D eigenvalue weighted by molar-refractivity contribution is 0.0642. The second kappa shape index (κ2) is 3.94. The molecular formula is C13H12N4O2. The normalized spacial score (nSPS) is 14.1. The number of nitrogens with two attached hydrogens (primary N) is 1. The number of benzene rings is 1. The van der Waals surface area contributed by atoms with Crippen molar-refractivity contribution in [3.8, 4) is 0 Å². The Hall–Kier alpha value is -2.63. The van der Waals surface area contributed by atoms with Crippen LogP contribution in [0.5, 0.6) is 0 Å². The molecule has 0 spiro atoms. The van der Waals surface area contributed by atoms with Gasteiger partial charge in [0.1, 0.15) is 0 Å². The van der Waals surface area contributed by atoms with E-state index in [0.29, 0.717) is 16.8 Å². The summed E-state index contributed by atoms with van der Waals surface area (Å²) in [6, 6.07) is 4.75. The van der Waals surface area contributed by atoms with E-state index < -0.39 is 0 Å². The summed E-state index contributed by atoms with van der Waals surface area (Å²) < 4.78 is 0. The molecule has 0 bridgehead atoms. The lowest BCUT2D eigenvalue weighted by Gasteiger charge is -2.12. The minimum absolute atomic E-state index is 0.217. The number of aromatic amines is 1. The fourth-order valence-electron chi connectivity index (χ4n) is 2.16. The highest BCUT2D eigenvalue weighted by molar-refractivity contribution is 6.21. The van der Waals surface area contributed by atoms with E-state index in [1.54, 1.807) is 18.3 Å². The molecule has 0 unspecified atom stereocenters. The second-order valence-electron chi connectivity index (χ2n) is 4.52.